The number of halogens is 3. The van der Waals surface area contributed by atoms with Crippen molar-refractivity contribution in [2.24, 2.45) is 0 Å². The molecule has 1 aliphatic heterocycles. The third-order valence-electron chi connectivity index (χ3n) is 7.29. The number of carbonyl (C=O) groups is 1. The van der Waals surface area contributed by atoms with Gasteiger partial charge in [-0.15, -0.1) is 0 Å². The van der Waals surface area contributed by atoms with Gasteiger partial charge in [0.2, 0.25) is 0 Å². The molecule has 0 atom stereocenters. The minimum Gasteiger partial charge on any atom is -0.495 e. The smallest absolute Gasteiger partial charge is 0.416 e. The van der Waals surface area contributed by atoms with E-state index in [9.17, 15) is 26.4 Å². The van der Waals surface area contributed by atoms with Crippen molar-refractivity contribution in [1.29, 1.82) is 0 Å². The lowest BCUT2D eigenvalue weighted by molar-refractivity contribution is -0.137. The molecular formula is C32H31F3N4O4S. The van der Waals surface area contributed by atoms with Crippen molar-refractivity contribution in [3.05, 3.63) is 114 Å². The number of ether oxygens (including phenoxy) is 1. The van der Waals surface area contributed by atoms with Gasteiger partial charge in [-0.25, -0.2) is 8.42 Å². The van der Waals surface area contributed by atoms with Crippen molar-refractivity contribution in [2.45, 2.75) is 17.6 Å². The standard InChI is InChI=1S/C32H31F3N4O4S/c1-43-30-8-3-2-7-29(30)39-19-17-38(18-20-39)22-23-9-11-24(12-10-23)31(40)36-26-13-15-28(16-14-26)44(41,42)37-27-6-4-5-25(21-27)32(33,34)35/h2-16,21,37H,17-20,22H2,1H3,(H,36,40). The maximum absolute atomic E-state index is 13.0. The van der Waals surface area contributed by atoms with Crippen LogP contribution in [0.3, 0.4) is 0 Å². The Balaban J connectivity index is 1.14. The zero-order valence-corrected chi connectivity index (χ0v) is 24.7. The van der Waals surface area contributed by atoms with E-state index in [0.29, 0.717) is 11.3 Å². The van der Waals surface area contributed by atoms with Crippen LogP contribution in [-0.4, -0.2) is 52.5 Å². The Bertz CT molecular complexity index is 1700. The molecule has 44 heavy (non-hydrogen) atoms. The molecule has 0 aromatic heterocycles. The number of nitrogens with one attached hydrogen (secondary N) is 2. The molecule has 2 N–H and O–H groups in total. The molecule has 8 nitrogen and oxygen atoms in total. The second-order valence-corrected chi connectivity index (χ2v) is 12.0. The fourth-order valence-corrected chi connectivity index (χ4v) is 6.00. The number of sulfonamides is 1. The number of hydrogen-bond donors (Lipinski definition) is 2. The monoisotopic (exact) mass is 624 g/mol. The number of amides is 1. The van der Waals surface area contributed by atoms with Gasteiger partial charge < -0.3 is 15.0 Å². The van der Waals surface area contributed by atoms with E-state index >= 15 is 0 Å². The van der Waals surface area contributed by atoms with Crippen molar-refractivity contribution in [1.82, 2.24) is 4.90 Å². The van der Waals surface area contributed by atoms with E-state index in [1.165, 1.54) is 30.3 Å². The Hall–Kier alpha value is -4.55. The Morgan fingerprint density at radius 1 is 0.841 bits per heavy atom. The molecule has 4 aromatic rings. The lowest BCUT2D eigenvalue weighted by Crippen LogP contribution is -2.46. The summed E-state index contributed by atoms with van der Waals surface area (Å²) in [5, 5.41) is 2.74. The van der Waals surface area contributed by atoms with Crippen LogP contribution in [0.25, 0.3) is 0 Å². The predicted molar refractivity (Wildman–Crippen MR) is 164 cm³/mol. The van der Waals surface area contributed by atoms with Gasteiger partial charge in [-0.1, -0.05) is 30.3 Å². The first kappa shape index (κ1) is 30.9. The molecule has 1 amide bonds. The highest BCUT2D eigenvalue weighted by atomic mass is 32.2. The number of hydrogen-bond acceptors (Lipinski definition) is 6. The van der Waals surface area contributed by atoms with E-state index in [2.05, 4.69) is 25.9 Å². The molecule has 4 aromatic carbocycles. The zero-order valence-electron chi connectivity index (χ0n) is 23.8. The van der Waals surface area contributed by atoms with Gasteiger partial charge in [-0.3, -0.25) is 14.4 Å². The van der Waals surface area contributed by atoms with Gasteiger partial charge in [-0.2, -0.15) is 13.2 Å². The Morgan fingerprint density at radius 3 is 2.18 bits per heavy atom. The number of anilines is 3. The highest BCUT2D eigenvalue weighted by molar-refractivity contribution is 7.92. The average molecular weight is 625 g/mol. The number of nitrogens with zero attached hydrogens (tertiary/aromatic N) is 2. The first-order valence-corrected chi connectivity index (χ1v) is 15.3. The predicted octanol–water partition coefficient (Wildman–Crippen LogP) is 6.09. The molecule has 0 saturated carbocycles. The van der Waals surface area contributed by atoms with Gasteiger partial charge in [0.25, 0.3) is 15.9 Å². The van der Waals surface area contributed by atoms with Crippen LogP contribution < -0.4 is 19.7 Å². The van der Waals surface area contributed by atoms with Crippen LogP contribution in [0.2, 0.25) is 0 Å². The van der Waals surface area contributed by atoms with E-state index < -0.39 is 21.8 Å². The van der Waals surface area contributed by atoms with Crippen molar-refractivity contribution in [3.8, 4) is 5.75 Å². The third kappa shape index (κ3) is 7.50. The van der Waals surface area contributed by atoms with Gasteiger partial charge in [0.15, 0.2) is 0 Å². The van der Waals surface area contributed by atoms with Crippen LogP contribution in [-0.2, 0) is 22.7 Å². The molecule has 1 saturated heterocycles. The first-order valence-electron chi connectivity index (χ1n) is 13.8. The van der Waals surface area contributed by atoms with Crippen LogP contribution >= 0.6 is 0 Å². The number of methoxy groups -OCH3 is 1. The summed E-state index contributed by atoms with van der Waals surface area (Å²) in [6.07, 6.45) is -4.60. The van der Waals surface area contributed by atoms with Crippen molar-refractivity contribution in [2.75, 3.05) is 48.2 Å². The number of benzene rings is 4. The van der Waals surface area contributed by atoms with E-state index in [0.717, 1.165) is 67.9 Å². The number of alkyl halides is 3. The van der Waals surface area contributed by atoms with Gasteiger partial charge in [0.05, 0.1) is 23.3 Å². The Morgan fingerprint density at radius 2 is 1.52 bits per heavy atom. The topological polar surface area (TPSA) is 91.0 Å². The van der Waals surface area contributed by atoms with Crippen LogP contribution in [0.15, 0.2) is 102 Å². The Kier molecular flexibility index (Phi) is 9.12. The largest absolute Gasteiger partial charge is 0.495 e. The van der Waals surface area contributed by atoms with Crippen molar-refractivity contribution in [3.63, 3.8) is 0 Å². The van der Waals surface area contributed by atoms with Crippen molar-refractivity contribution >= 4 is 33.0 Å². The first-order chi connectivity index (χ1) is 21.0. The quantitative estimate of drug-likeness (QED) is 0.234. The van der Waals surface area contributed by atoms with E-state index in [1.807, 2.05) is 30.3 Å². The minimum atomic E-state index is -4.60. The molecule has 0 aliphatic carbocycles. The SMILES string of the molecule is COc1ccccc1N1CCN(Cc2ccc(C(=O)Nc3ccc(S(=O)(=O)Nc4cccc(C(F)(F)F)c4)cc3)cc2)CC1. The Labute approximate surface area is 254 Å². The maximum Gasteiger partial charge on any atom is 0.416 e. The van der Waals surface area contributed by atoms with E-state index in [-0.39, 0.29) is 16.5 Å². The summed E-state index contributed by atoms with van der Waals surface area (Å²) >= 11 is 0. The summed E-state index contributed by atoms with van der Waals surface area (Å²) in [5.41, 5.74) is 1.80. The summed E-state index contributed by atoms with van der Waals surface area (Å²) in [4.78, 5) is 17.3. The number of carbonyl (C=O) groups excluding carboxylic acids is 1. The molecule has 230 valence electrons. The van der Waals surface area contributed by atoms with Gasteiger partial charge >= 0.3 is 6.18 Å². The normalized spacial score (nSPS) is 14.2. The second kappa shape index (κ2) is 13.0. The van der Waals surface area contributed by atoms with E-state index in [1.54, 1.807) is 19.2 Å². The highest BCUT2D eigenvalue weighted by Crippen LogP contribution is 2.31. The van der Waals surface area contributed by atoms with Crippen LogP contribution in [0.1, 0.15) is 21.5 Å². The van der Waals surface area contributed by atoms with Gasteiger partial charge in [-0.05, 0) is 72.3 Å². The summed E-state index contributed by atoms with van der Waals surface area (Å²) < 4.78 is 72.0. The zero-order chi connectivity index (χ0) is 31.3. The summed E-state index contributed by atoms with van der Waals surface area (Å²) in [6.45, 7) is 4.29. The van der Waals surface area contributed by atoms with Gasteiger partial charge in [0, 0.05) is 49.7 Å². The maximum atomic E-state index is 13.0. The highest BCUT2D eigenvalue weighted by Gasteiger charge is 2.30. The fourth-order valence-electron chi connectivity index (χ4n) is 4.95. The molecular weight excluding hydrogens is 593 g/mol. The molecule has 0 radical (unpaired) electrons. The number of para-hydroxylation sites is 2. The number of rotatable bonds is 9. The van der Waals surface area contributed by atoms with E-state index in [4.69, 9.17) is 4.74 Å². The average Bonchev–Trinajstić information content (AvgIpc) is 3.01. The van der Waals surface area contributed by atoms with Crippen LogP contribution in [0, 0.1) is 0 Å². The third-order valence-corrected chi connectivity index (χ3v) is 8.68. The minimum absolute atomic E-state index is 0.166. The molecule has 1 aliphatic rings. The van der Waals surface area contributed by atoms with Crippen molar-refractivity contribution < 1.29 is 31.1 Å². The molecule has 0 unspecified atom stereocenters. The summed E-state index contributed by atoms with van der Waals surface area (Å²) in [5.74, 6) is 0.501. The molecule has 1 heterocycles. The lowest BCUT2D eigenvalue weighted by Gasteiger charge is -2.36. The van der Waals surface area contributed by atoms with Crippen LogP contribution in [0.4, 0.5) is 30.2 Å². The summed E-state index contributed by atoms with van der Waals surface area (Å²) in [6, 6.07) is 24.6. The molecule has 1 fully saturated rings. The molecule has 0 bridgehead atoms. The fraction of sp³-hybridized carbons (Fsp3) is 0.219. The summed E-state index contributed by atoms with van der Waals surface area (Å²) in [7, 11) is -2.48. The molecule has 5 rings (SSSR count). The second-order valence-electron chi connectivity index (χ2n) is 10.3. The lowest BCUT2D eigenvalue weighted by atomic mass is 10.1. The molecule has 12 heteroatoms. The van der Waals surface area contributed by atoms with Crippen LogP contribution in [0.5, 0.6) is 5.75 Å². The molecule has 0 spiro atoms. The number of piperazine rings is 1. The van der Waals surface area contributed by atoms with Gasteiger partial charge in [0.1, 0.15) is 5.75 Å².